The molecule has 0 bridgehead atoms. The van der Waals surface area contributed by atoms with Crippen LogP contribution in [0.2, 0.25) is 0 Å². The van der Waals surface area contributed by atoms with Gasteiger partial charge >= 0.3 is 0 Å². The molecule has 0 aliphatic rings. The zero-order valence-electron chi connectivity index (χ0n) is 10.7. The first-order valence-corrected chi connectivity index (χ1v) is 5.75. The van der Waals surface area contributed by atoms with Crippen LogP contribution in [0.1, 0.15) is 13.3 Å². The Balaban J connectivity index is 3.98. The van der Waals surface area contributed by atoms with Gasteiger partial charge < -0.3 is 20.3 Å². The number of aliphatic hydroxyl groups excluding tert-OH is 1. The van der Waals surface area contributed by atoms with Crippen LogP contribution in [0.3, 0.4) is 0 Å². The lowest BCUT2D eigenvalue weighted by Crippen LogP contribution is -2.40. The normalized spacial score (nSPS) is 15.4. The van der Waals surface area contributed by atoms with Crippen LogP contribution in [-0.4, -0.2) is 69.2 Å². The highest BCUT2D eigenvalue weighted by Crippen LogP contribution is 2.03. The maximum atomic E-state index is 9.43. The van der Waals surface area contributed by atoms with Crippen molar-refractivity contribution in [3.8, 4) is 0 Å². The smallest absolute Gasteiger partial charge is 0.0674 e. The highest BCUT2D eigenvalue weighted by atomic mass is 16.5. The van der Waals surface area contributed by atoms with Crippen LogP contribution in [0.4, 0.5) is 0 Å². The molecule has 98 valence electrons. The molecule has 0 saturated carbocycles. The average Bonchev–Trinajstić information content (AvgIpc) is 2.29. The SMILES string of the molecule is COCCN(CCC(O)CN)C(C)COC. The Hall–Kier alpha value is -0.200. The summed E-state index contributed by atoms with van der Waals surface area (Å²) in [6, 6.07) is 0.324. The third-order valence-corrected chi connectivity index (χ3v) is 2.64. The van der Waals surface area contributed by atoms with Crippen LogP contribution in [0.5, 0.6) is 0 Å². The first-order chi connectivity index (χ1) is 7.65. The molecule has 0 aromatic rings. The Morgan fingerprint density at radius 1 is 1.25 bits per heavy atom. The number of ether oxygens (including phenoxy) is 2. The second kappa shape index (κ2) is 9.99. The minimum atomic E-state index is -0.417. The molecule has 2 unspecified atom stereocenters. The minimum absolute atomic E-state index is 0.316. The van der Waals surface area contributed by atoms with Crippen molar-refractivity contribution < 1.29 is 14.6 Å². The third-order valence-electron chi connectivity index (χ3n) is 2.64. The molecule has 5 nitrogen and oxygen atoms in total. The zero-order valence-corrected chi connectivity index (χ0v) is 10.7. The van der Waals surface area contributed by atoms with Gasteiger partial charge in [0.05, 0.1) is 19.3 Å². The molecule has 0 aromatic heterocycles. The number of hydrogen-bond donors (Lipinski definition) is 2. The summed E-state index contributed by atoms with van der Waals surface area (Å²) in [5.41, 5.74) is 5.38. The van der Waals surface area contributed by atoms with Crippen molar-refractivity contribution in [2.24, 2.45) is 5.73 Å². The van der Waals surface area contributed by atoms with Gasteiger partial charge in [0.2, 0.25) is 0 Å². The van der Waals surface area contributed by atoms with Crippen LogP contribution in [0, 0.1) is 0 Å². The van der Waals surface area contributed by atoms with E-state index in [1.54, 1.807) is 14.2 Å². The summed E-state index contributed by atoms with van der Waals surface area (Å²) in [6.07, 6.45) is 0.272. The predicted molar refractivity (Wildman–Crippen MR) is 64.5 cm³/mol. The second-order valence-electron chi connectivity index (χ2n) is 4.01. The largest absolute Gasteiger partial charge is 0.392 e. The first kappa shape index (κ1) is 15.8. The first-order valence-electron chi connectivity index (χ1n) is 5.75. The van der Waals surface area contributed by atoms with E-state index in [1.165, 1.54) is 0 Å². The van der Waals surface area contributed by atoms with Gasteiger partial charge in [0, 0.05) is 39.9 Å². The Kier molecular flexibility index (Phi) is 9.86. The average molecular weight is 234 g/mol. The molecule has 0 radical (unpaired) electrons. The molecule has 0 rings (SSSR count). The van der Waals surface area contributed by atoms with Crippen molar-refractivity contribution in [2.45, 2.75) is 25.5 Å². The summed E-state index contributed by atoms with van der Waals surface area (Å²) in [5, 5.41) is 9.43. The van der Waals surface area contributed by atoms with Crippen LogP contribution in [0.15, 0.2) is 0 Å². The van der Waals surface area contributed by atoms with Gasteiger partial charge in [-0.15, -0.1) is 0 Å². The van der Waals surface area contributed by atoms with Gasteiger partial charge in [0.15, 0.2) is 0 Å². The highest BCUT2D eigenvalue weighted by molar-refractivity contribution is 4.69. The van der Waals surface area contributed by atoms with Gasteiger partial charge in [0.25, 0.3) is 0 Å². The fourth-order valence-electron chi connectivity index (χ4n) is 1.54. The highest BCUT2D eigenvalue weighted by Gasteiger charge is 2.14. The number of nitrogens with two attached hydrogens (primary N) is 1. The fourth-order valence-corrected chi connectivity index (χ4v) is 1.54. The molecule has 0 aliphatic heterocycles. The quantitative estimate of drug-likeness (QED) is 0.542. The van der Waals surface area contributed by atoms with E-state index >= 15 is 0 Å². The molecule has 0 aromatic carbocycles. The van der Waals surface area contributed by atoms with Crippen molar-refractivity contribution in [3.63, 3.8) is 0 Å². The molecular formula is C11H26N2O3. The fraction of sp³-hybridized carbons (Fsp3) is 1.00. The van der Waals surface area contributed by atoms with Gasteiger partial charge in [-0.05, 0) is 13.3 Å². The summed E-state index contributed by atoms with van der Waals surface area (Å²) in [5.74, 6) is 0. The summed E-state index contributed by atoms with van der Waals surface area (Å²) in [6.45, 7) is 5.45. The number of aliphatic hydroxyl groups is 1. The Morgan fingerprint density at radius 2 is 1.94 bits per heavy atom. The molecule has 0 heterocycles. The Bertz CT molecular complexity index is 158. The van der Waals surface area contributed by atoms with Crippen LogP contribution < -0.4 is 5.73 Å². The number of methoxy groups -OCH3 is 2. The van der Waals surface area contributed by atoms with E-state index in [1.807, 2.05) is 0 Å². The molecule has 0 amide bonds. The van der Waals surface area contributed by atoms with E-state index in [4.69, 9.17) is 15.2 Å². The van der Waals surface area contributed by atoms with Gasteiger partial charge in [0.1, 0.15) is 0 Å². The van der Waals surface area contributed by atoms with E-state index in [2.05, 4.69) is 11.8 Å². The lowest BCUT2D eigenvalue weighted by molar-refractivity contribution is 0.0625. The monoisotopic (exact) mass is 234 g/mol. The molecule has 5 heteroatoms. The number of rotatable bonds is 10. The molecular weight excluding hydrogens is 208 g/mol. The van der Waals surface area contributed by atoms with Gasteiger partial charge in [-0.1, -0.05) is 0 Å². The summed E-state index contributed by atoms with van der Waals surface area (Å²) < 4.78 is 10.2. The standard InChI is InChI=1S/C11H26N2O3/c1-10(9-16-3)13(6-7-15-2)5-4-11(14)8-12/h10-11,14H,4-9,12H2,1-3H3. The molecule has 16 heavy (non-hydrogen) atoms. The molecule has 2 atom stereocenters. The second-order valence-corrected chi connectivity index (χ2v) is 4.01. The minimum Gasteiger partial charge on any atom is -0.392 e. The van der Waals surface area contributed by atoms with E-state index in [0.29, 0.717) is 32.2 Å². The van der Waals surface area contributed by atoms with Gasteiger partial charge in [-0.2, -0.15) is 0 Å². The van der Waals surface area contributed by atoms with Gasteiger partial charge in [-0.25, -0.2) is 0 Å². The number of nitrogens with zero attached hydrogens (tertiary/aromatic N) is 1. The zero-order chi connectivity index (χ0) is 12.4. The van der Waals surface area contributed by atoms with E-state index in [-0.39, 0.29) is 0 Å². The van der Waals surface area contributed by atoms with Gasteiger partial charge in [-0.3, -0.25) is 4.90 Å². The topological polar surface area (TPSA) is 68.0 Å². The van der Waals surface area contributed by atoms with E-state index < -0.39 is 6.10 Å². The van der Waals surface area contributed by atoms with Crippen LogP contribution in [-0.2, 0) is 9.47 Å². The lowest BCUT2D eigenvalue weighted by Gasteiger charge is -2.29. The van der Waals surface area contributed by atoms with Crippen molar-refractivity contribution >= 4 is 0 Å². The van der Waals surface area contributed by atoms with E-state index in [9.17, 15) is 5.11 Å². The van der Waals surface area contributed by atoms with Crippen molar-refractivity contribution in [1.29, 1.82) is 0 Å². The predicted octanol–water partition coefficient (Wildman–Crippen LogP) is -0.321. The van der Waals surface area contributed by atoms with Crippen LogP contribution >= 0.6 is 0 Å². The molecule has 0 spiro atoms. The Morgan fingerprint density at radius 3 is 2.44 bits per heavy atom. The maximum Gasteiger partial charge on any atom is 0.0674 e. The molecule has 0 aliphatic carbocycles. The van der Waals surface area contributed by atoms with Crippen molar-refractivity contribution in [2.75, 3.05) is 47.1 Å². The molecule has 0 fully saturated rings. The maximum absolute atomic E-state index is 9.43. The van der Waals surface area contributed by atoms with Crippen molar-refractivity contribution in [3.05, 3.63) is 0 Å². The third kappa shape index (κ3) is 7.14. The Labute approximate surface area is 98.5 Å². The summed E-state index contributed by atoms with van der Waals surface area (Å²) in [7, 11) is 3.38. The summed E-state index contributed by atoms with van der Waals surface area (Å²) >= 11 is 0. The summed E-state index contributed by atoms with van der Waals surface area (Å²) in [4.78, 5) is 2.24. The van der Waals surface area contributed by atoms with Crippen molar-refractivity contribution in [1.82, 2.24) is 4.90 Å². The number of hydrogen-bond acceptors (Lipinski definition) is 5. The lowest BCUT2D eigenvalue weighted by atomic mass is 10.2. The molecule has 0 saturated heterocycles. The van der Waals surface area contributed by atoms with Crippen LogP contribution in [0.25, 0.3) is 0 Å². The molecule has 3 N–H and O–H groups in total. The van der Waals surface area contributed by atoms with E-state index in [0.717, 1.165) is 13.1 Å².